The highest BCUT2D eigenvalue weighted by molar-refractivity contribution is 6.33. The number of halogens is 2. The van der Waals surface area contributed by atoms with E-state index in [1.54, 1.807) is 18.2 Å². The van der Waals surface area contributed by atoms with Gasteiger partial charge in [0.1, 0.15) is 11.5 Å². The first kappa shape index (κ1) is 26.8. The molecule has 0 saturated carbocycles. The molecule has 3 aromatic carbocycles. The van der Waals surface area contributed by atoms with Gasteiger partial charge in [-0.05, 0) is 72.9 Å². The predicted molar refractivity (Wildman–Crippen MR) is 139 cm³/mol. The topological polar surface area (TPSA) is 102 Å². The lowest BCUT2D eigenvalue weighted by Gasteiger charge is -2.28. The maximum Gasteiger partial charge on any atom is 0.224 e. The fourth-order valence-corrected chi connectivity index (χ4v) is 4.22. The number of carbonyl (C=O) groups is 1. The summed E-state index contributed by atoms with van der Waals surface area (Å²) >= 11 is 12.2. The Bertz CT molecular complexity index is 1160. The Labute approximate surface area is 215 Å². The molecule has 0 aromatic heterocycles. The van der Waals surface area contributed by atoms with Gasteiger partial charge in [0.05, 0.1) is 12.5 Å². The lowest BCUT2D eigenvalue weighted by Crippen LogP contribution is -2.43. The molecule has 0 radical (unpaired) electrons. The summed E-state index contributed by atoms with van der Waals surface area (Å²) in [5.74, 6) is -0.322. The van der Waals surface area contributed by atoms with Crippen molar-refractivity contribution < 1.29 is 20.1 Å². The number of benzene rings is 3. The maximum atomic E-state index is 12.5. The van der Waals surface area contributed by atoms with Crippen LogP contribution in [0.3, 0.4) is 0 Å². The summed E-state index contributed by atoms with van der Waals surface area (Å²) in [6, 6.07) is 17.0. The summed E-state index contributed by atoms with van der Waals surface area (Å²) in [4.78, 5) is 12.5. The van der Waals surface area contributed by atoms with Gasteiger partial charge < -0.3 is 26.0 Å². The van der Waals surface area contributed by atoms with Crippen molar-refractivity contribution in [1.29, 1.82) is 0 Å². The van der Waals surface area contributed by atoms with Crippen molar-refractivity contribution in [2.45, 2.75) is 44.9 Å². The quantitative estimate of drug-likeness (QED) is 0.263. The second-order valence-corrected chi connectivity index (χ2v) is 10.1. The minimum Gasteiger partial charge on any atom is -0.508 e. The molecule has 0 saturated heterocycles. The van der Waals surface area contributed by atoms with E-state index in [1.165, 1.54) is 18.2 Å². The Morgan fingerprint density at radius 3 is 2.37 bits per heavy atom. The molecule has 3 aromatic rings. The first-order valence-electron chi connectivity index (χ1n) is 11.3. The van der Waals surface area contributed by atoms with Gasteiger partial charge in [-0.2, -0.15) is 0 Å². The van der Waals surface area contributed by atoms with Gasteiger partial charge in [-0.25, -0.2) is 0 Å². The van der Waals surface area contributed by atoms with Crippen molar-refractivity contribution in [1.82, 2.24) is 10.6 Å². The predicted octanol–water partition coefficient (Wildman–Crippen LogP) is 4.91. The Morgan fingerprint density at radius 1 is 0.971 bits per heavy atom. The van der Waals surface area contributed by atoms with Crippen LogP contribution in [0.1, 0.15) is 42.2 Å². The number of nitrogens with one attached hydrogen (secondary N) is 2. The lowest BCUT2D eigenvalue weighted by molar-refractivity contribution is -0.120. The van der Waals surface area contributed by atoms with E-state index < -0.39 is 6.10 Å². The summed E-state index contributed by atoms with van der Waals surface area (Å²) in [5.41, 5.74) is 2.78. The third kappa shape index (κ3) is 8.44. The van der Waals surface area contributed by atoms with Gasteiger partial charge in [-0.15, -0.1) is 0 Å². The van der Waals surface area contributed by atoms with E-state index >= 15 is 0 Å². The molecule has 5 N–H and O–H groups in total. The summed E-state index contributed by atoms with van der Waals surface area (Å²) in [6.45, 7) is 4.58. The van der Waals surface area contributed by atoms with E-state index in [1.807, 2.05) is 38.1 Å². The number of amides is 1. The van der Waals surface area contributed by atoms with Gasteiger partial charge in [0.2, 0.25) is 5.91 Å². The summed E-state index contributed by atoms with van der Waals surface area (Å²) in [7, 11) is 0. The van der Waals surface area contributed by atoms with Crippen molar-refractivity contribution in [2.24, 2.45) is 0 Å². The molecule has 6 nitrogen and oxygen atoms in total. The largest absolute Gasteiger partial charge is 0.508 e. The van der Waals surface area contributed by atoms with Crippen molar-refractivity contribution in [2.75, 3.05) is 6.54 Å². The minimum atomic E-state index is -0.893. The van der Waals surface area contributed by atoms with Crippen LogP contribution in [-0.4, -0.2) is 33.3 Å². The van der Waals surface area contributed by atoms with Gasteiger partial charge in [0.15, 0.2) is 0 Å². The zero-order valence-electron chi connectivity index (χ0n) is 19.7. The Morgan fingerprint density at radius 2 is 1.66 bits per heavy atom. The number of phenolic OH excluding ortho intramolecular Hbond substituents is 2. The molecule has 0 spiro atoms. The smallest absolute Gasteiger partial charge is 0.224 e. The minimum absolute atomic E-state index is 0.102. The zero-order chi connectivity index (χ0) is 25.6. The van der Waals surface area contributed by atoms with Crippen LogP contribution in [0.5, 0.6) is 11.5 Å². The van der Waals surface area contributed by atoms with Gasteiger partial charge in [-0.3, -0.25) is 4.79 Å². The SMILES string of the molecule is CC(C)(Cc1cccc(CC(=O)NCc2cc(Cl)ccc2Cl)c1)NC[C@H](O)c1cc(O)cc(O)c1. The number of phenols is 2. The third-order valence-corrected chi connectivity index (χ3v) is 6.17. The van der Waals surface area contributed by atoms with Crippen LogP contribution in [0.2, 0.25) is 10.0 Å². The summed E-state index contributed by atoms with van der Waals surface area (Å²) in [6.07, 6.45) is 0.00774. The molecular formula is C27H30Cl2N2O4. The van der Waals surface area contributed by atoms with E-state index in [0.29, 0.717) is 28.6 Å². The number of hydrogen-bond donors (Lipinski definition) is 5. The van der Waals surface area contributed by atoms with Crippen LogP contribution in [0, 0.1) is 0 Å². The molecule has 0 bridgehead atoms. The zero-order valence-corrected chi connectivity index (χ0v) is 21.2. The highest BCUT2D eigenvalue weighted by atomic mass is 35.5. The highest BCUT2D eigenvalue weighted by Gasteiger charge is 2.21. The summed E-state index contributed by atoms with van der Waals surface area (Å²) < 4.78 is 0. The van der Waals surface area contributed by atoms with Crippen LogP contribution in [0.25, 0.3) is 0 Å². The molecule has 8 heteroatoms. The van der Waals surface area contributed by atoms with Crippen LogP contribution in [0.15, 0.2) is 60.7 Å². The number of aliphatic hydroxyl groups is 1. The van der Waals surface area contributed by atoms with E-state index in [-0.39, 0.29) is 35.9 Å². The molecule has 0 aliphatic carbocycles. The average molecular weight is 517 g/mol. The van der Waals surface area contributed by atoms with Crippen molar-refractivity contribution >= 4 is 29.1 Å². The molecule has 3 rings (SSSR count). The third-order valence-electron chi connectivity index (χ3n) is 5.57. The van der Waals surface area contributed by atoms with E-state index in [4.69, 9.17) is 23.2 Å². The second-order valence-electron chi connectivity index (χ2n) is 9.25. The Hall–Kier alpha value is -2.77. The van der Waals surface area contributed by atoms with Gasteiger partial charge >= 0.3 is 0 Å². The van der Waals surface area contributed by atoms with Crippen molar-refractivity contribution in [3.8, 4) is 11.5 Å². The molecule has 0 fully saturated rings. The molecule has 186 valence electrons. The fourth-order valence-electron chi connectivity index (χ4n) is 3.84. The normalized spacial score (nSPS) is 12.4. The molecule has 1 atom stereocenters. The summed E-state index contributed by atoms with van der Waals surface area (Å²) in [5, 5.41) is 37.1. The second kappa shape index (κ2) is 11.8. The van der Waals surface area contributed by atoms with Gasteiger partial charge in [-0.1, -0.05) is 47.5 Å². The highest BCUT2D eigenvalue weighted by Crippen LogP contribution is 2.25. The van der Waals surface area contributed by atoms with E-state index in [0.717, 1.165) is 16.7 Å². The first-order valence-corrected chi connectivity index (χ1v) is 12.0. The first-order chi connectivity index (χ1) is 16.5. The Balaban J connectivity index is 1.54. The number of hydrogen-bond acceptors (Lipinski definition) is 5. The molecule has 0 unspecified atom stereocenters. The Kier molecular flexibility index (Phi) is 9.03. The van der Waals surface area contributed by atoms with E-state index in [9.17, 15) is 20.1 Å². The molecule has 0 aliphatic heterocycles. The average Bonchev–Trinajstić information content (AvgIpc) is 2.77. The number of β-amino-alcohol motifs (C(OH)–C–C–N with tert-alkyl or cyclic N) is 1. The van der Waals surface area contributed by atoms with E-state index in [2.05, 4.69) is 10.6 Å². The van der Waals surface area contributed by atoms with Crippen LogP contribution >= 0.6 is 23.2 Å². The van der Waals surface area contributed by atoms with Crippen LogP contribution in [-0.2, 0) is 24.2 Å². The van der Waals surface area contributed by atoms with Gasteiger partial charge in [0, 0.05) is 34.7 Å². The monoisotopic (exact) mass is 516 g/mol. The fraction of sp³-hybridized carbons (Fsp3) is 0.296. The standard InChI is InChI=1S/C27H30Cl2N2O4/c1-27(2,31-16-25(34)19-11-22(32)13-23(33)12-19)14-18-5-3-4-17(8-18)9-26(35)30-15-20-10-21(28)6-7-24(20)29/h3-8,10-13,25,31-34H,9,14-16H2,1-2H3,(H,30,35)/t25-/m0/s1. The lowest BCUT2D eigenvalue weighted by atomic mass is 9.93. The molecule has 1 amide bonds. The van der Waals surface area contributed by atoms with Crippen LogP contribution < -0.4 is 10.6 Å². The number of rotatable bonds is 10. The van der Waals surface area contributed by atoms with Crippen LogP contribution in [0.4, 0.5) is 0 Å². The number of aliphatic hydroxyl groups excluding tert-OH is 1. The number of aromatic hydroxyl groups is 2. The number of carbonyl (C=O) groups excluding carboxylic acids is 1. The van der Waals surface area contributed by atoms with Gasteiger partial charge in [0.25, 0.3) is 0 Å². The molecule has 0 aliphatic rings. The van der Waals surface area contributed by atoms with Crippen molar-refractivity contribution in [3.63, 3.8) is 0 Å². The molecule has 0 heterocycles. The maximum absolute atomic E-state index is 12.5. The van der Waals surface area contributed by atoms with Crippen molar-refractivity contribution in [3.05, 3.63) is 93.0 Å². The molecule has 35 heavy (non-hydrogen) atoms. The molecular weight excluding hydrogens is 487 g/mol.